The van der Waals surface area contributed by atoms with Crippen LogP contribution < -0.4 is 0 Å². The number of carboxylic acids is 1. The summed E-state index contributed by atoms with van der Waals surface area (Å²) in [6.45, 7) is 0.842. The summed E-state index contributed by atoms with van der Waals surface area (Å²) in [5.41, 5.74) is 1.59. The van der Waals surface area contributed by atoms with Crippen molar-refractivity contribution in [3.8, 4) is 22.6 Å². The Hall–Kier alpha value is -3.15. The topological polar surface area (TPSA) is 63.1 Å². The Labute approximate surface area is 142 Å². The first-order valence-electron chi connectivity index (χ1n) is 7.50. The van der Waals surface area contributed by atoms with Gasteiger partial charge in [0.25, 0.3) is 5.92 Å². The maximum absolute atomic E-state index is 13.5. The highest BCUT2D eigenvalue weighted by atomic mass is 19.3. The van der Waals surface area contributed by atoms with Crippen molar-refractivity contribution in [2.75, 3.05) is 0 Å². The lowest BCUT2D eigenvalue weighted by molar-refractivity contribution is 0.0175. The van der Waals surface area contributed by atoms with Crippen molar-refractivity contribution in [3.05, 3.63) is 71.9 Å². The largest absolute Gasteiger partial charge is 0.478 e. The lowest BCUT2D eigenvalue weighted by Gasteiger charge is -2.12. The van der Waals surface area contributed by atoms with E-state index in [2.05, 4.69) is 9.97 Å². The zero-order chi connectivity index (χ0) is 18.0. The Balaban J connectivity index is 2.03. The van der Waals surface area contributed by atoms with Gasteiger partial charge in [-0.25, -0.2) is 23.5 Å². The van der Waals surface area contributed by atoms with Gasteiger partial charge in [-0.3, -0.25) is 0 Å². The molecule has 0 fully saturated rings. The molecule has 0 aliphatic rings. The van der Waals surface area contributed by atoms with Gasteiger partial charge in [-0.1, -0.05) is 30.3 Å². The van der Waals surface area contributed by atoms with Gasteiger partial charge in [0.1, 0.15) is 0 Å². The Morgan fingerprint density at radius 2 is 1.76 bits per heavy atom. The van der Waals surface area contributed by atoms with Crippen molar-refractivity contribution in [1.82, 2.24) is 9.97 Å². The number of aromatic nitrogens is 2. The molecule has 2 aromatic carbocycles. The number of carboxylic acid groups (broad SMARTS) is 1. The summed E-state index contributed by atoms with van der Waals surface area (Å²) in [6.07, 6.45) is 1.52. The molecule has 0 amide bonds. The minimum absolute atomic E-state index is 0.0990. The summed E-state index contributed by atoms with van der Waals surface area (Å²) < 4.78 is 27.1. The van der Waals surface area contributed by atoms with Crippen LogP contribution in [0.5, 0.6) is 0 Å². The Morgan fingerprint density at radius 1 is 1.04 bits per heavy atom. The van der Waals surface area contributed by atoms with Crippen molar-refractivity contribution < 1.29 is 18.7 Å². The van der Waals surface area contributed by atoms with Gasteiger partial charge in [0.05, 0.1) is 11.3 Å². The number of rotatable bonds is 4. The summed E-state index contributed by atoms with van der Waals surface area (Å²) in [4.78, 5) is 19.6. The molecule has 6 heteroatoms. The number of nitrogens with zero attached hydrogens (tertiary/aromatic N) is 2. The van der Waals surface area contributed by atoms with Gasteiger partial charge >= 0.3 is 5.97 Å². The molecule has 0 aliphatic heterocycles. The van der Waals surface area contributed by atoms with Crippen LogP contribution in [-0.2, 0) is 5.92 Å². The van der Waals surface area contributed by atoms with E-state index in [1.165, 1.54) is 30.5 Å². The fourth-order valence-corrected chi connectivity index (χ4v) is 2.40. The van der Waals surface area contributed by atoms with Crippen molar-refractivity contribution >= 4 is 5.97 Å². The first-order chi connectivity index (χ1) is 11.8. The van der Waals surface area contributed by atoms with E-state index < -0.39 is 11.9 Å². The van der Waals surface area contributed by atoms with E-state index >= 15 is 0 Å². The zero-order valence-electron chi connectivity index (χ0n) is 13.3. The SMILES string of the molecule is CC(F)(F)c1cccc(-c2ccnc(-c3cccc(C(=O)O)c3)n2)c1. The first-order valence-corrected chi connectivity index (χ1v) is 7.50. The number of carbonyl (C=O) groups is 1. The normalized spacial score (nSPS) is 11.3. The summed E-state index contributed by atoms with van der Waals surface area (Å²) >= 11 is 0. The second-order valence-corrected chi connectivity index (χ2v) is 5.62. The summed E-state index contributed by atoms with van der Waals surface area (Å²) in [7, 11) is 0. The molecular weight excluding hydrogens is 326 g/mol. The van der Waals surface area contributed by atoms with Crippen LogP contribution >= 0.6 is 0 Å². The van der Waals surface area contributed by atoms with E-state index in [1.54, 1.807) is 30.3 Å². The number of alkyl halides is 2. The van der Waals surface area contributed by atoms with Gasteiger partial charge in [-0.05, 0) is 24.3 Å². The van der Waals surface area contributed by atoms with E-state index in [1.807, 2.05) is 0 Å². The Bertz CT molecular complexity index is 936. The van der Waals surface area contributed by atoms with Crippen LogP contribution in [0.3, 0.4) is 0 Å². The molecule has 0 atom stereocenters. The summed E-state index contributed by atoms with van der Waals surface area (Å²) in [5, 5.41) is 9.08. The van der Waals surface area contributed by atoms with Gasteiger partial charge in [0.15, 0.2) is 5.82 Å². The van der Waals surface area contributed by atoms with E-state index in [0.29, 0.717) is 22.6 Å². The molecular formula is C19H14F2N2O2. The van der Waals surface area contributed by atoms with Crippen LogP contribution in [-0.4, -0.2) is 21.0 Å². The number of halogens is 2. The molecule has 126 valence electrons. The predicted octanol–water partition coefficient (Wildman–Crippen LogP) is 4.62. The Morgan fingerprint density at radius 3 is 2.48 bits per heavy atom. The van der Waals surface area contributed by atoms with Gasteiger partial charge in [0.2, 0.25) is 0 Å². The van der Waals surface area contributed by atoms with Crippen molar-refractivity contribution in [2.24, 2.45) is 0 Å². The minimum Gasteiger partial charge on any atom is -0.478 e. The molecule has 0 saturated heterocycles. The van der Waals surface area contributed by atoms with Gasteiger partial charge in [-0.15, -0.1) is 0 Å². The van der Waals surface area contributed by atoms with Crippen LogP contribution in [0.25, 0.3) is 22.6 Å². The molecule has 4 nitrogen and oxygen atoms in total. The van der Waals surface area contributed by atoms with Gasteiger partial charge in [-0.2, -0.15) is 0 Å². The molecule has 25 heavy (non-hydrogen) atoms. The van der Waals surface area contributed by atoms with Crippen LogP contribution in [0.15, 0.2) is 60.8 Å². The number of aromatic carboxylic acids is 1. The average molecular weight is 340 g/mol. The van der Waals surface area contributed by atoms with Crippen LogP contribution in [0, 0.1) is 0 Å². The highest BCUT2D eigenvalue weighted by Crippen LogP contribution is 2.30. The molecule has 0 bridgehead atoms. The molecule has 1 heterocycles. The molecule has 3 rings (SSSR count). The van der Waals surface area contributed by atoms with E-state index in [0.717, 1.165) is 6.92 Å². The molecule has 0 spiro atoms. The number of hydrogen-bond donors (Lipinski definition) is 1. The van der Waals surface area contributed by atoms with E-state index in [-0.39, 0.29) is 11.1 Å². The highest BCUT2D eigenvalue weighted by molar-refractivity contribution is 5.89. The molecule has 0 saturated carbocycles. The lowest BCUT2D eigenvalue weighted by Crippen LogP contribution is -2.06. The third kappa shape index (κ3) is 3.68. The Kier molecular flexibility index (Phi) is 4.27. The average Bonchev–Trinajstić information content (AvgIpc) is 2.61. The van der Waals surface area contributed by atoms with E-state index in [9.17, 15) is 13.6 Å². The molecule has 0 radical (unpaired) electrons. The smallest absolute Gasteiger partial charge is 0.335 e. The van der Waals surface area contributed by atoms with Crippen molar-refractivity contribution in [1.29, 1.82) is 0 Å². The van der Waals surface area contributed by atoms with Crippen LogP contribution in [0.4, 0.5) is 8.78 Å². The quantitative estimate of drug-likeness (QED) is 0.753. The summed E-state index contributed by atoms with van der Waals surface area (Å²) in [6, 6.07) is 13.9. The minimum atomic E-state index is -2.94. The lowest BCUT2D eigenvalue weighted by atomic mass is 10.0. The van der Waals surface area contributed by atoms with Crippen LogP contribution in [0.1, 0.15) is 22.8 Å². The highest BCUT2D eigenvalue weighted by Gasteiger charge is 2.24. The first kappa shape index (κ1) is 16.7. The standard InChI is InChI=1S/C19H14F2N2O2/c1-19(20,21)15-7-3-4-12(11-15)16-8-9-22-17(23-16)13-5-2-6-14(10-13)18(24)25/h2-11H,1H3,(H,24,25). The fourth-order valence-electron chi connectivity index (χ4n) is 2.40. The monoisotopic (exact) mass is 340 g/mol. The summed E-state index contributed by atoms with van der Waals surface area (Å²) in [5.74, 6) is -3.66. The van der Waals surface area contributed by atoms with Crippen molar-refractivity contribution in [3.63, 3.8) is 0 Å². The third-order valence-corrected chi connectivity index (χ3v) is 3.69. The zero-order valence-corrected chi connectivity index (χ0v) is 13.3. The second kappa shape index (κ2) is 6.39. The predicted molar refractivity (Wildman–Crippen MR) is 89.4 cm³/mol. The maximum atomic E-state index is 13.5. The molecule has 1 aromatic heterocycles. The second-order valence-electron chi connectivity index (χ2n) is 5.62. The third-order valence-electron chi connectivity index (χ3n) is 3.69. The van der Waals surface area contributed by atoms with E-state index in [4.69, 9.17) is 5.11 Å². The fraction of sp³-hybridized carbons (Fsp3) is 0.105. The van der Waals surface area contributed by atoms with Crippen LogP contribution in [0.2, 0.25) is 0 Å². The molecule has 0 unspecified atom stereocenters. The molecule has 1 N–H and O–H groups in total. The number of hydrogen-bond acceptors (Lipinski definition) is 3. The van der Waals surface area contributed by atoms with Crippen molar-refractivity contribution in [2.45, 2.75) is 12.8 Å². The number of benzene rings is 2. The molecule has 0 aliphatic carbocycles. The van der Waals surface area contributed by atoms with Gasteiger partial charge in [0, 0.05) is 29.8 Å². The van der Waals surface area contributed by atoms with Gasteiger partial charge < -0.3 is 5.11 Å². The maximum Gasteiger partial charge on any atom is 0.335 e. The molecule has 3 aromatic rings.